The first-order valence-corrected chi connectivity index (χ1v) is 15.7. The fraction of sp³-hybridized carbons (Fsp3) is 0.444. The van der Waals surface area contributed by atoms with Crippen LogP contribution in [0.4, 0.5) is 17.6 Å². The van der Waals surface area contributed by atoms with Gasteiger partial charge in [-0.25, -0.2) is 13.9 Å². The van der Waals surface area contributed by atoms with Crippen molar-refractivity contribution >= 4 is 46.9 Å². The molecule has 1 saturated heterocycles. The Morgan fingerprint density at radius 3 is 2.49 bits per heavy atom. The number of aliphatic hydroxyl groups is 1. The number of hydrogen-bond donors (Lipinski definition) is 2. The Bertz CT molecular complexity index is 1480. The fourth-order valence-electron chi connectivity index (χ4n) is 4.42. The normalized spacial score (nSPS) is 25.8. The standard InChI is InChI=1S/C27H29F4N2O8PS/c1-15(2)39-22(36)16(3)32-42(43,41-20-9-8-17-6-4-5-7-18(17)12-20)38-14-26(24(28)29)23(37)27(30,31)25(40-26)33-11-10-19(34)13-21(33)35/h4-12,15-16,23-25,37H,13-14H2,1-3H3,(H,32,43)/t16-,23+,25+,26+,42?/m0/s1. The first-order chi connectivity index (χ1) is 20.1. The molecule has 0 bridgehead atoms. The average molecular weight is 649 g/mol. The second kappa shape index (κ2) is 12.6. The molecule has 0 spiro atoms. The van der Waals surface area contributed by atoms with Gasteiger partial charge in [0.25, 0.3) is 6.43 Å². The van der Waals surface area contributed by atoms with E-state index in [0.29, 0.717) is 11.6 Å². The molecule has 43 heavy (non-hydrogen) atoms. The third-order valence-electron chi connectivity index (χ3n) is 6.61. The Labute approximate surface area is 249 Å². The highest BCUT2D eigenvalue weighted by molar-refractivity contribution is 8.09. The minimum Gasteiger partial charge on any atom is -0.462 e. The summed E-state index contributed by atoms with van der Waals surface area (Å²) in [5, 5.41) is 14.7. The molecular weight excluding hydrogens is 619 g/mol. The van der Waals surface area contributed by atoms with Crippen LogP contribution < -0.4 is 9.61 Å². The Kier molecular flexibility index (Phi) is 9.64. The Balaban J connectivity index is 1.65. The van der Waals surface area contributed by atoms with Crippen LogP contribution in [0.1, 0.15) is 27.2 Å². The SMILES string of the molecule is CC(C)OC(=O)[C@H](C)NP(=S)(OC[C@@]1(C(F)F)O[C@@H](N2C=CC(=O)CC2=O)C(F)(F)[C@@H]1O)Oc1ccc2ccccc2c1. The molecule has 0 radical (unpaired) electrons. The highest BCUT2D eigenvalue weighted by Crippen LogP contribution is 2.52. The molecule has 2 aliphatic heterocycles. The van der Waals surface area contributed by atoms with Gasteiger partial charge in [-0.1, -0.05) is 30.3 Å². The van der Waals surface area contributed by atoms with Crippen molar-refractivity contribution in [3.05, 3.63) is 54.7 Å². The van der Waals surface area contributed by atoms with Crippen LogP contribution in [0.5, 0.6) is 5.75 Å². The zero-order chi connectivity index (χ0) is 31.7. The van der Waals surface area contributed by atoms with Gasteiger partial charge in [0.15, 0.2) is 17.5 Å². The van der Waals surface area contributed by atoms with Crippen LogP contribution >= 0.6 is 6.64 Å². The van der Waals surface area contributed by atoms with E-state index < -0.39 is 79.8 Å². The van der Waals surface area contributed by atoms with Crippen molar-refractivity contribution in [1.29, 1.82) is 0 Å². The lowest BCUT2D eigenvalue weighted by Gasteiger charge is -2.34. The van der Waals surface area contributed by atoms with Crippen molar-refractivity contribution in [3.63, 3.8) is 0 Å². The van der Waals surface area contributed by atoms with Crippen molar-refractivity contribution in [1.82, 2.24) is 9.99 Å². The molecular formula is C27H29F4N2O8PS. The minimum atomic E-state index is -4.43. The summed E-state index contributed by atoms with van der Waals surface area (Å²) < 4.78 is 81.3. The Morgan fingerprint density at radius 1 is 1.19 bits per heavy atom. The van der Waals surface area contributed by atoms with E-state index in [1.807, 2.05) is 12.1 Å². The third kappa shape index (κ3) is 6.92. The molecule has 1 unspecified atom stereocenters. The number of nitrogens with zero attached hydrogens (tertiary/aromatic N) is 1. The number of halogens is 4. The van der Waals surface area contributed by atoms with Crippen molar-refractivity contribution in [2.45, 2.75) is 69.6 Å². The fourth-order valence-corrected chi connectivity index (χ4v) is 6.83. The number of ether oxygens (including phenoxy) is 2. The summed E-state index contributed by atoms with van der Waals surface area (Å²) in [7, 11) is 0. The summed E-state index contributed by atoms with van der Waals surface area (Å²) >= 11 is 5.53. The molecule has 2 aliphatic rings. The molecule has 0 aromatic heterocycles. The predicted molar refractivity (Wildman–Crippen MR) is 149 cm³/mol. The zero-order valence-corrected chi connectivity index (χ0v) is 24.8. The maximum absolute atomic E-state index is 15.3. The zero-order valence-electron chi connectivity index (χ0n) is 23.1. The summed E-state index contributed by atoms with van der Waals surface area (Å²) in [6.07, 6.45) is -9.47. The van der Waals surface area contributed by atoms with Gasteiger partial charge in [0, 0.05) is 6.20 Å². The van der Waals surface area contributed by atoms with Crippen LogP contribution in [0.2, 0.25) is 0 Å². The van der Waals surface area contributed by atoms with Crippen molar-refractivity contribution < 1.29 is 55.6 Å². The van der Waals surface area contributed by atoms with E-state index in [4.69, 9.17) is 30.3 Å². The van der Waals surface area contributed by atoms with E-state index in [9.17, 15) is 28.3 Å². The molecule has 234 valence electrons. The van der Waals surface area contributed by atoms with Crippen LogP contribution in [-0.2, 0) is 40.2 Å². The Morgan fingerprint density at radius 2 is 1.86 bits per heavy atom. The monoisotopic (exact) mass is 648 g/mol. The molecule has 2 aromatic rings. The molecule has 1 fully saturated rings. The summed E-state index contributed by atoms with van der Waals surface area (Å²) in [4.78, 5) is 36.6. The summed E-state index contributed by atoms with van der Waals surface area (Å²) in [6, 6.07) is 10.7. The smallest absolute Gasteiger partial charge is 0.323 e. The van der Waals surface area contributed by atoms with Crippen LogP contribution in [0.25, 0.3) is 10.8 Å². The number of aliphatic hydroxyl groups excluding tert-OH is 1. The molecule has 2 N–H and O–H groups in total. The number of fused-ring (bicyclic) bond motifs is 1. The highest BCUT2D eigenvalue weighted by atomic mass is 32.5. The van der Waals surface area contributed by atoms with Crippen LogP contribution in [0, 0.1) is 0 Å². The summed E-state index contributed by atoms with van der Waals surface area (Å²) in [5.41, 5.74) is -3.40. The predicted octanol–water partition coefficient (Wildman–Crippen LogP) is 4.06. The maximum atomic E-state index is 15.3. The van der Waals surface area contributed by atoms with Gasteiger partial charge in [-0.2, -0.15) is 8.78 Å². The van der Waals surface area contributed by atoms with Gasteiger partial charge in [0.2, 0.25) is 12.1 Å². The van der Waals surface area contributed by atoms with Gasteiger partial charge in [0.1, 0.15) is 11.8 Å². The molecule has 0 saturated carbocycles. The first kappa shape index (κ1) is 33.0. The van der Waals surface area contributed by atoms with Crippen LogP contribution in [0.3, 0.4) is 0 Å². The first-order valence-electron chi connectivity index (χ1n) is 13.0. The second-order valence-corrected chi connectivity index (χ2v) is 13.4. The minimum absolute atomic E-state index is 0.106. The average Bonchev–Trinajstić information content (AvgIpc) is 3.13. The van der Waals surface area contributed by atoms with E-state index in [0.717, 1.165) is 11.5 Å². The third-order valence-corrected chi connectivity index (χ3v) is 9.09. The Hall–Kier alpha value is -2.94. The van der Waals surface area contributed by atoms with Crippen molar-refractivity contribution in [2.24, 2.45) is 0 Å². The number of esters is 1. The number of rotatable bonds is 11. The molecule has 16 heteroatoms. The van der Waals surface area contributed by atoms with Gasteiger partial charge in [-0.15, -0.1) is 0 Å². The molecule has 4 rings (SSSR count). The molecule has 0 aliphatic carbocycles. The largest absolute Gasteiger partial charge is 0.462 e. The number of ketones is 1. The van der Waals surface area contributed by atoms with E-state index in [2.05, 4.69) is 5.09 Å². The number of carbonyl (C=O) groups is 3. The lowest BCUT2D eigenvalue weighted by molar-refractivity contribution is -0.201. The van der Waals surface area contributed by atoms with E-state index >= 15 is 8.78 Å². The van der Waals surface area contributed by atoms with Gasteiger partial charge in [-0.05, 0) is 61.6 Å². The van der Waals surface area contributed by atoms with E-state index in [1.165, 1.54) is 13.0 Å². The number of alkyl halides is 4. The number of nitrogens with one attached hydrogen (secondary N) is 1. The molecule has 2 aromatic carbocycles. The summed E-state index contributed by atoms with van der Waals surface area (Å²) in [5.74, 6) is -6.93. The highest BCUT2D eigenvalue weighted by Gasteiger charge is 2.72. The maximum Gasteiger partial charge on any atom is 0.323 e. The number of allylic oxidation sites excluding steroid dienone is 1. The quantitative estimate of drug-likeness (QED) is 0.160. The van der Waals surface area contributed by atoms with Crippen LogP contribution in [0.15, 0.2) is 54.7 Å². The number of benzene rings is 2. The lowest BCUT2D eigenvalue weighted by Crippen LogP contribution is -2.55. The van der Waals surface area contributed by atoms with Gasteiger partial charge < -0.3 is 23.6 Å². The molecule has 5 atom stereocenters. The van der Waals surface area contributed by atoms with Crippen molar-refractivity contribution in [2.75, 3.05) is 6.61 Å². The van der Waals surface area contributed by atoms with Gasteiger partial charge in [0.05, 0.1) is 19.1 Å². The number of amides is 1. The van der Waals surface area contributed by atoms with E-state index in [-0.39, 0.29) is 10.6 Å². The molecule has 2 heterocycles. The lowest BCUT2D eigenvalue weighted by atomic mass is 9.95. The topological polar surface area (TPSA) is 124 Å². The van der Waals surface area contributed by atoms with Crippen molar-refractivity contribution in [3.8, 4) is 5.75 Å². The number of carbonyl (C=O) groups excluding carboxylic acids is 3. The number of hydrogen-bond acceptors (Lipinski definition) is 9. The molecule has 10 nitrogen and oxygen atoms in total. The van der Waals surface area contributed by atoms with E-state index in [1.54, 1.807) is 38.1 Å². The molecule has 1 amide bonds. The van der Waals surface area contributed by atoms with Gasteiger partial charge in [-0.3, -0.25) is 19.3 Å². The van der Waals surface area contributed by atoms with Crippen LogP contribution in [-0.4, -0.2) is 76.7 Å². The second-order valence-electron chi connectivity index (χ2n) is 10.3. The summed E-state index contributed by atoms with van der Waals surface area (Å²) in [6.45, 7) is -0.963. The van der Waals surface area contributed by atoms with Gasteiger partial charge >= 0.3 is 18.5 Å².